The van der Waals surface area contributed by atoms with Crippen LogP contribution in [0.25, 0.3) is 0 Å². The van der Waals surface area contributed by atoms with E-state index in [1.165, 1.54) is 13.8 Å². The molecule has 0 aliphatic heterocycles. The molecule has 0 amide bonds. The molecular formula is C14H20O4Si. The third-order valence-electron chi connectivity index (χ3n) is 2.63. The molecule has 4 nitrogen and oxygen atoms in total. The zero-order valence-electron chi connectivity index (χ0n) is 12.3. The topological polar surface area (TPSA) is 52.6 Å². The van der Waals surface area contributed by atoms with Crippen LogP contribution in [0.2, 0.25) is 19.6 Å². The summed E-state index contributed by atoms with van der Waals surface area (Å²) in [5.74, 6) is 0.393. The lowest BCUT2D eigenvalue weighted by atomic mass is 10.2. The fourth-order valence-corrected chi connectivity index (χ4v) is 4.23. The van der Waals surface area contributed by atoms with Gasteiger partial charge >= 0.3 is 11.9 Å². The number of carbonyl (C=O) groups is 2. The summed E-state index contributed by atoms with van der Waals surface area (Å²) in [6, 6.07) is 3.36. The Bertz CT molecular complexity index is 515. The number of esters is 2. The smallest absolute Gasteiger partial charge is 0.308 e. The number of rotatable bonds is 3. The minimum Gasteiger partial charge on any atom is -0.427 e. The van der Waals surface area contributed by atoms with E-state index >= 15 is 0 Å². The van der Waals surface area contributed by atoms with E-state index in [1.807, 2.05) is 6.92 Å². The van der Waals surface area contributed by atoms with E-state index in [4.69, 9.17) is 9.47 Å². The van der Waals surface area contributed by atoms with E-state index in [1.54, 1.807) is 12.1 Å². The highest BCUT2D eigenvalue weighted by Gasteiger charge is 2.26. The molecule has 104 valence electrons. The highest BCUT2D eigenvalue weighted by atomic mass is 28.3. The second-order valence-electron chi connectivity index (χ2n) is 5.50. The van der Waals surface area contributed by atoms with Gasteiger partial charge in [-0.05, 0) is 29.8 Å². The van der Waals surface area contributed by atoms with Crippen LogP contribution in [-0.4, -0.2) is 20.0 Å². The van der Waals surface area contributed by atoms with E-state index < -0.39 is 8.07 Å². The molecule has 0 N–H and O–H groups in total. The summed E-state index contributed by atoms with van der Waals surface area (Å²) in [6.07, 6.45) is 0. The number of carbonyl (C=O) groups excluding carboxylic acids is 2. The number of benzene rings is 1. The molecule has 19 heavy (non-hydrogen) atoms. The first kappa shape index (κ1) is 15.4. The van der Waals surface area contributed by atoms with Gasteiger partial charge in [-0.1, -0.05) is 19.6 Å². The fourth-order valence-electron chi connectivity index (χ4n) is 2.11. The van der Waals surface area contributed by atoms with Crippen LogP contribution in [0.5, 0.6) is 11.5 Å². The molecule has 1 aromatic carbocycles. The van der Waals surface area contributed by atoms with Gasteiger partial charge in [0.25, 0.3) is 0 Å². The van der Waals surface area contributed by atoms with Crippen molar-refractivity contribution in [3.05, 3.63) is 17.7 Å². The van der Waals surface area contributed by atoms with Gasteiger partial charge in [0.15, 0.2) is 0 Å². The predicted molar refractivity (Wildman–Crippen MR) is 76.8 cm³/mol. The summed E-state index contributed by atoms with van der Waals surface area (Å²) in [5.41, 5.74) is 0.869. The van der Waals surface area contributed by atoms with Crippen LogP contribution in [0, 0.1) is 6.92 Å². The molecule has 0 unspecified atom stereocenters. The van der Waals surface area contributed by atoms with Crippen LogP contribution in [0.4, 0.5) is 0 Å². The molecule has 0 saturated heterocycles. The van der Waals surface area contributed by atoms with Crippen molar-refractivity contribution >= 4 is 25.2 Å². The second-order valence-corrected chi connectivity index (χ2v) is 10.5. The van der Waals surface area contributed by atoms with Crippen molar-refractivity contribution in [3.63, 3.8) is 0 Å². The lowest BCUT2D eigenvalue weighted by Gasteiger charge is -2.24. The predicted octanol–water partition coefficient (Wildman–Crippen LogP) is 2.39. The zero-order valence-corrected chi connectivity index (χ0v) is 13.3. The average Bonchev–Trinajstić information content (AvgIpc) is 2.18. The third-order valence-corrected chi connectivity index (χ3v) is 4.76. The van der Waals surface area contributed by atoms with Gasteiger partial charge in [0, 0.05) is 13.8 Å². The maximum absolute atomic E-state index is 11.2. The van der Waals surface area contributed by atoms with Gasteiger partial charge in [0.1, 0.15) is 11.5 Å². The van der Waals surface area contributed by atoms with Gasteiger partial charge in [-0.3, -0.25) is 9.59 Å². The summed E-state index contributed by atoms with van der Waals surface area (Å²) < 4.78 is 10.5. The van der Waals surface area contributed by atoms with E-state index in [0.717, 1.165) is 10.8 Å². The average molecular weight is 280 g/mol. The standard InChI is InChI=1S/C14H20O4Si/c1-9-12(17-10(2)15)7-8-13(18-11(3)16)14(9)19(4,5)6/h7-8H,1-6H3. The van der Waals surface area contributed by atoms with Crippen molar-refractivity contribution in [1.82, 2.24) is 0 Å². The maximum atomic E-state index is 11.2. The molecule has 5 heteroatoms. The number of hydrogen-bond donors (Lipinski definition) is 0. The Morgan fingerprint density at radius 3 is 1.79 bits per heavy atom. The normalized spacial score (nSPS) is 11.1. The molecule has 0 fully saturated rings. The molecule has 0 bridgehead atoms. The Hall–Kier alpha value is -1.62. The quantitative estimate of drug-likeness (QED) is 0.484. The lowest BCUT2D eigenvalue weighted by Crippen LogP contribution is -2.41. The molecule has 1 rings (SSSR count). The largest absolute Gasteiger partial charge is 0.427 e. The molecule has 0 aliphatic rings. The van der Waals surface area contributed by atoms with Gasteiger partial charge in [0.2, 0.25) is 0 Å². The lowest BCUT2D eigenvalue weighted by molar-refractivity contribution is -0.133. The third kappa shape index (κ3) is 3.92. The minimum absolute atomic E-state index is 0.348. The van der Waals surface area contributed by atoms with Crippen LogP contribution in [-0.2, 0) is 9.59 Å². The second kappa shape index (κ2) is 5.57. The summed E-state index contributed by atoms with van der Waals surface area (Å²) in [5, 5.41) is 1.00. The Kier molecular flexibility index (Phi) is 4.52. The maximum Gasteiger partial charge on any atom is 0.308 e. The SMILES string of the molecule is CC(=O)Oc1ccc(OC(C)=O)c([Si](C)(C)C)c1C. The summed E-state index contributed by atoms with van der Waals surface area (Å²) >= 11 is 0. The van der Waals surface area contributed by atoms with Crippen LogP contribution < -0.4 is 14.7 Å². The Labute approximate surface area is 114 Å². The van der Waals surface area contributed by atoms with Crippen LogP contribution >= 0.6 is 0 Å². The molecule has 0 heterocycles. The summed E-state index contributed by atoms with van der Waals surface area (Å²) in [6.45, 7) is 11.1. The van der Waals surface area contributed by atoms with Crippen molar-refractivity contribution in [1.29, 1.82) is 0 Å². The summed E-state index contributed by atoms with van der Waals surface area (Å²) in [7, 11) is -1.74. The molecule has 0 radical (unpaired) electrons. The van der Waals surface area contributed by atoms with Crippen LogP contribution in [0.1, 0.15) is 19.4 Å². The number of ether oxygens (including phenoxy) is 2. The monoisotopic (exact) mass is 280 g/mol. The first-order valence-electron chi connectivity index (χ1n) is 6.14. The van der Waals surface area contributed by atoms with Crippen LogP contribution in [0.15, 0.2) is 12.1 Å². The van der Waals surface area contributed by atoms with Crippen molar-refractivity contribution in [2.24, 2.45) is 0 Å². The molecule has 1 aromatic rings. The molecule has 0 atom stereocenters. The molecule has 0 aliphatic carbocycles. The van der Waals surface area contributed by atoms with E-state index in [-0.39, 0.29) is 11.9 Å². The van der Waals surface area contributed by atoms with Gasteiger partial charge < -0.3 is 9.47 Å². The van der Waals surface area contributed by atoms with Crippen molar-refractivity contribution in [2.45, 2.75) is 40.4 Å². The molecule has 0 spiro atoms. The van der Waals surface area contributed by atoms with Crippen molar-refractivity contribution < 1.29 is 19.1 Å². The highest BCUT2D eigenvalue weighted by Crippen LogP contribution is 2.25. The van der Waals surface area contributed by atoms with Gasteiger partial charge in [0.05, 0.1) is 8.07 Å². The number of hydrogen-bond acceptors (Lipinski definition) is 4. The van der Waals surface area contributed by atoms with Gasteiger partial charge in [-0.2, -0.15) is 0 Å². The van der Waals surface area contributed by atoms with Gasteiger partial charge in [-0.15, -0.1) is 0 Å². The van der Waals surface area contributed by atoms with Crippen LogP contribution in [0.3, 0.4) is 0 Å². The minimum atomic E-state index is -1.74. The Morgan fingerprint density at radius 1 is 0.947 bits per heavy atom. The van der Waals surface area contributed by atoms with E-state index in [2.05, 4.69) is 19.6 Å². The van der Waals surface area contributed by atoms with Crippen molar-refractivity contribution in [2.75, 3.05) is 0 Å². The van der Waals surface area contributed by atoms with Gasteiger partial charge in [-0.25, -0.2) is 0 Å². The zero-order chi connectivity index (χ0) is 14.8. The Balaban J connectivity index is 3.40. The first-order valence-corrected chi connectivity index (χ1v) is 9.64. The molecule has 0 aromatic heterocycles. The molecular weight excluding hydrogens is 260 g/mol. The first-order chi connectivity index (χ1) is 8.62. The van der Waals surface area contributed by atoms with E-state index in [0.29, 0.717) is 11.5 Å². The van der Waals surface area contributed by atoms with E-state index in [9.17, 15) is 9.59 Å². The fraction of sp³-hybridized carbons (Fsp3) is 0.429. The van der Waals surface area contributed by atoms with Crippen molar-refractivity contribution in [3.8, 4) is 11.5 Å². The summed E-state index contributed by atoms with van der Waals surface area (Å²) in [4.78, 5) is 22.3. The molecule has 0 saturated carbocycles. The Morgan fingerprint density at radius 2 is 1.37 bits per heavy atom. The highest BCUT2D eigenvalue weighted by molar-refractivity contribution is 6.89.